The highest BCUT2D eigenvalue weighted by Crippen LogP contribution is 2.48. The van der Waals surface area contributed by atoms with Crippen LogP contribution in [0.25, 0.3) is 21.5 Å². The average molecular weight is 718 g/mol. The number of nitrogens with zero attached hydrogens (tertiary/aromatic N) is 3. The number of anilines is 2. The van der Waals surface area contributed by atoms with Crippen LogP contribution in [0, 0.1) is 0 Å². The first kappa shape index (κ1) is 33.2. The van der Waals surface area contributed by atoms with Crippen LogP contribution in [0.2, 0.25) is 0 Å². The number of aromatic hydroxyl groups is 1. The molecular weight excluding hydrogens is 683 g/mol. The number of rotatable bonds is 8. The number of benzene rings is 4. The lowest BCUT2D eigenvalue weighted by Crippen LogP contribution is -2.33. The Morgan fingerprint density at radius 3 is 1.88 bits per heavy atom. The van der Waals surface area contributed by atoms with E-state index < -0.39 is 6.09 Å². The first-order valence-corrected chi connectivity index (χ1v) is 17.8. The van der Waals surface area contributed by atoms with E-state index in [0.29, 0.717) is 64.3 Å². The Morgan fingerprint density at radius 1 is 0.816 bits per heavy atom. The predicted molar refractivity (Wildman–Crippen MR) is 197 cm³/mol. The molecule has 3 heterocycles. The van der Waals surface area contributed by atoms with Crippen LogP contribution in [0.3, 0.4) is 0 Å². The second kappa shape index (κ2) is 13.5. The molecule has 0 aliphatic carbocycles. The molecule has 0 bridgehead atoms. The zero-order valence-electron chi connectivity index (χ0n) is 26.9. The average Bonchev–Trinajstić information content (AvgIpc) is 3.84. The van der Waals surface area contributed by atoms with Gasteiger partial charge in [-0.3, -0.25) is 9.59 Å². The number of nitrogens with one attached hydrogen (secondary N) is 1. The van der Waals surface area contributed by atoms with Gasteiger partial charge in [0.05, 0.1) is 21.1 Å². The van der Waals surface area contributed by atoms with Gasteiger partial charge in [-0.25, -0.2) is 4.79 Å². The monoisotopic (exact) mass is 716 g/mol. The van der Waals surface area contributed by atoms with Crippen LogP contribution in [-0.2, 0) is 0 Å². The fourth-order valence-electron chi connectivity index (χ4n) is 6.91. The summed E-state index contributed by atoms with van der Waals surface area (Å²) < 4.78 is 5.80. The second-order valence-corrected chi connectivity index (χ2v) is 14.2. The standard InChI is InChI=1S/C37H34Cl2N4O5S/c1-41(2)14-13-40-37(47)48-30-16-28-34(26-10-6-4-8-24(26)30)22(18-39)20-43(28)36(46)32-12-11-31(49-32)35(45)42-19-21(17-38)33-25-9-5-3-7-23(25)29(44)15-27(33)42/h3-12,15-16,21-22,44H,13-14,17-20H2,1-2H3,(H,40,47). The molecule has 49 heavy (non-hydrogen) atoms. The maximum Gasteiger partial charge on any atom is 0.412 e. The van der Waals surface area contributed by atoms with Crippen molar-refractivity contribution in [2.24, 2.45) is 0 Å². The number of ether oxygens (including phenoxy) is 1. The number of halogens is 2. The fraction of sp³-hybridized carbons (Fsp3) is 0.270. The summed E-state index contributed by atoms with van der Waals surface area (Å²) in [6, 6.07) is 21.9. The van der Waals surface area contributed by atoms with Crippen LogP contribution in [-0.4, -0.2) is 79.9 Å². The lowest BCUT2D eigenvalue weighted by Gasteiger charge is -2.19. The van der Waals surface area contributed by atoms with E-state index in [1.165, 1.54) is 0 Å². The van der Waals surface area contributed by atoms with Crippen LogP contribution in [0.4, 0.5) is 16.2 Å². The molecule has 12 heteroatoms. The third-order valence-corrected chi connectivity index (χ3v) is 11.0. The minimum Gasteiger partial charge on any atom is -0.507 e. The molecule has 2 atom stereocenters. The Balaban J connectivity index is 1.19. The third-order valence-electron chi connectivity index (χ3n) is 9.19. The normalized spacial score (nSPS) is 16.8. The minimum absolute atomic E-state index is 0.0906. The highest BCUT2D eigenvalue weighted by Gasteiger charge is 2.38. The van der Waals surface area contributed by atoms with Crippen molar-refractivity contribution in [2.45, 2.75) is 11.8 Å². The van der Waals surface area contributed by atoms with Crippen LogP contribution in [0.5, 0.6) is 11.5 Å². The van der Waals surface area contributed by atoms with Gasteiger partial charge in [0.2, 0.25) is 0 Å². The number of carbonyl (C=O) groups is 3. The van der Waals surface area contributed by atoms with Crippen LogP contribution in [0.1, 0.15) is 42.3 Å². The van der Waals surface area contributed by atoms with Gasteiger partial charge in [-0.1, -0.05) is 48.5 Å². The van der Waals surface area contributed by atoms with E-state index in [9.17, 15) is 19.5 Å². The zero-order chi connectivity index (χ0) is 34.4. The van der Waals surface area contributed by atoms with Crippen molar-refractivity contribution in [3.8, 4) is 11.5 Å². The van der Waals surface area contributed by atoms with Crippen LogP contribution in [0.15, 0.2) is 72.8 Å². The molecule has 0 spiro atoms. The van der Waals surface area contributed by atoms with Gasteiger partial charge in [-0.05, 0) is 48.1 Å². The molecular formula is C37H34Cl2N4O5S. The van der Waals surface area contributed by atoms with Crippen molar-refractivity contribution in [3.05, 3.63) is 93.7 Å². The van der Waals surface area contributed by atoms with E-state index in [2.05, 4.69) is 5.32 Å². The smallest absolute Gasteiger partial charge is 0.412 e. The Hall–Kier alpha value is -4.35. The van der Waals surface area contributed by atoms with E-state index in [1.54, 1.807) is 34.1 Å². The molecule has 1 aromatic heterocycles. The maximum absolute atomic E-state index is 14.2. The molecule has 2 unspecified atom stereocenters. The summed E-state index contributed by atoms with van der Waals surface area (Å²) in [6.07, 6.45) is -0.584. The van der Waals surface area contributed by atoms with Gasteiger partial charge in [0.1, 0.15) is 11.5 Å². The second-order valence-electron chi connectivity index (χ2n) is 12.5. The molecule has 7 rings (SSSR count). The zero-order valence-corrected chi connectivity index (χ0v) is 29.2. The number of hydrogen-bond donors (Lipinski definition) is 2. The van der Waals surface area contributed by atoms with E-state index >= 15 is 0 Å². The molecule has 252 valence electrons. The molecule has 0 saturated carbocycles. The highest BCUT2D eigenvalue weighted by atomic mass is 35.5. The van der Waals surface area contributed by atoms with Crippen molar-refractivity contribution in [2.75, 3.05) is 61.8 Å². The van der Waals surface area contributed by atoms with Gasteiger partial charge < -0.3 is 29.9 Å². The Kier molecular flexibility index (Phi) is 9.15. The van der Waals surface area contributed by atoms with Crippen molar-refractivity contribution >= 4 is 85.4 Å². The molecule has 2 aliphatic heterocycles. The molecule has 2 aliphatic rings. The van der Waals surface area contributed by atoms with Crippen LogP contribution >= 0.6 is 34.5 Å². The summed E-state index contributed by atoms with van der Waals surface area (Å²) in [4.78, 5) is 47.0. The molecule has 9 nitrogen and oxygen atoms in total. The molecule has 2 N–H and O–H groups in total. The minimum atomic E-state index is -0.584. The van der Waals surface area contributed by atoms with Gasteiger partial charge >= 0.3 is 6.09 Å². The third kappa shape index (κ3) is 5.97. The van der Waals surface area contributed by atoms with E-state index in [0.717, 1.165) is 38.6 Å². The molecule has 0 radical (unpaired) electrons. The summed E-state index contributed by atoms with van der Waals surface area (Å²) >= 11 is 14.0. The van der Waals surface area contributed by atoms with Gasteiger partial charge in [0.15, 0.2) is 0 Å². The number of phenolic OH excluding ortho intramolecular Hbond substituents is 1. The molecule has 0 saturated heterocycles. The number of likely N-dealkylation sites (N-methyl/N-ethyl adjacent to an activating group) is 1. The predicted octanol–water partition coefficient (Wildman–Crippen LogP) is 7.38. The molecule has 3 amide bonds. The number of alkyl halides is 2. The summed E-state index contributed by atoms with van der Waals surface area (Å²) in [5.41, 5.74) is 3.09. The topological polar surface area (TPSA) is 102 Å². The first-order chi connectivity index (χ1) is 23.7. The quantitative estimate of drug-likeness (QED) is 0.163. The van der Waals surface area contributed by atoms with E-state index in [4.69, 9.17) is 27.9 Å². The molecule has 0 fully saturated rings. The van der Waals surface area contributed by atoms with Crippen LogP contribution < -0.4 is 19.9 Å². The first-order valence-electron chi connectivity index (χ1n) is 16.0. The van der Waals surface area contributed by atoms with E-state index in [-0.39, 0.29) is 35.3 Å². The number of hydrogen-bond acceptors (Lipinski definition) is 7. The summed E-state index contributed by atoms with van der Waals surface area (Å²) in [5.74, 6) is 0.226. The van der Waals surface area contributed by atoms with Crippen molar-refractivity contribution in [3.63, 3.8) is 0 Å². The van der Waals surface area contributed by atoms with Gasteiger partial charge in [0, 0.05) is 72.7 Å². The largest absolute Gasteiger partial charge is 0.507 e. The molecule has 4 aromatic carbocycles. The van der Waals surface area contributed by atoms with E-state index in [1.807, 2.05) is 67.5 Å². The van der Waals surface area contributed by atoms with Gasteiger partial charge in [-0.2, -0.15) is 0 Å². The SMILES string of the molecule is CN(C)CCNC(=O)Oc1cc2c(c3ccccc13)C(CCl)CN2C(=O)c1ccc(C(=O)N2CC(CCl)c3c2cc(O)c2ccccc32)s1. The lowest BCUT2D eigenvalue weighted by atomic mass is 9.95. The van der Waals surface area contributed by atoms with Gasteiger partial charge in [0.25, 0.3) is 11.8 Å². The number of thiophene rings is 1. The highest BCUT2D eigenvalue weighted by molar-refractivity contribution is 7.16. The van der Waals surface area contributed by atoms with Crippen molar-refractivity contribution < 1.29 is 24.2 Å². The maximum atomic E-state index is 14.2. The fourth-order valence-corrected chi connectivity index (χ4v) is 8.32. The molecule has 5 aromatic rings. The number of carbonyl (C=O) groups excluding carboxylic acids is 3. The Morgan fingerprint density at radius 2 is 1.33 bits per heavy atom. The Bertz CT molecular complexity index is 2120. The van der Waals surface area contributed by atoms with Gasteiger partial charge in [-0.15, -0.1) is 34.5 Å². The summed E-state index contributed by atoms with van der Waals surface area (Å²) in [6.45, 7) is 1.77. The van der Waals surface area contributed by atoms with Crippen molar-refractivity contribution in [1.82, 2.24) is 10.2 Å². The lowest BCUT2D eigenvalue weighted by molar-refractivity contribution is 0.0986. The number of phenols is 1. The van der Waals surface area contributed by atoms with Crippen molar-refractivity contribution in [1.29, 1.82) is 0 Å². The summed E-state index contributed by atoms with van der Waals surface area (Å²) in [5, 5.41) is 16.8. The number of amides is 3. The number of fused-ring (bicyclic) bond motifs is 6. The Labute approximate surface area is 297 Å². The summed E-state index contributed by atoms with van der Waals surface area (Å²) in [7, 11) is 3.84.